The molecule has 6 heteroatoms. The zero-order valence-corrected chi connectivity index (χ0v) is 11.5. The Hall–Kier alpha value is -1.85. The summed E-state index contributed by atoms with van der Waals surface area (Å²) in [5.74, 6) is 1.12. The van der Waals surface area contributed by atoms with Gasteiger partial charge in [-0.1, -0.05) is 0 Å². The molecule has 0 bridgehead atoms. The normalized spacial score (nSPS) is 12.1. The molecule has 1 aromatic heterocycles. The first kappa shape index (κ1) is 14.2. The molecular weight excluding hydrogens is 230 g/mol. The molecular formula is C12H21N5O. The van der Waals surface area contributed by atoms with Crippen molar-refractivity contribution in [2.45, 2.75) is 39.8 Å². The maximum atomic E-state index is 11.8. The monoisotopic (exact) mass is 251 g/mol. The number of aryl methyl sites for hydroxylation is 1. The Morgan fingerprint density at radius 2 is 1.94 bits per heavy atom. The van der Waals surface area contributed by atoms with Crippen molar-refractivity contribution >= 4 is 17.7 Å². The number of hydrogen-bond donors (Lipinski definition) is 3. The SMILES string of the molecule is CNc1nc(C)cc(NC(C)C(=O)NC(C)C)n1. The molecule has 1 heterocycles. The van der Waals surface area contributed by atoms with E-state index in [1.54, 1.807) is 20.0 Å². The van der Waals surface area contributed by atoms with Gasteiger partial charge < -0.3 is 16.0 Å². The van der Waals surface area contributed by atoms with Gasteiger partial charge in [-0.25, -0.2) is 4.98 Å². The second kappa shape index (κ2) is 6.18. The summed E-state index contributed by atoms with van der Waals surface area (Å²) >= 11 is 0. The molecule has 0 saturated carbocycles. The minimum Gasteiger partial charge on any atom is -0.358 e. The van der Waals surface area contributed by atoms with E-state index >= 15 is 0 Å². The van der Waals surface area contributed by atoms with Crippen LogP contribution >= 0.6 is 0 Å². The lowest BCUT2D eigenvalue weighted by Gasteiger charge is -2.17. The third-order valence-electron chi connectivity index (χ3n) is 2.27. The molecule has 1 amide bonds. The Bertz CT molecular complexity index is 419. The van der Waals surface area contributed by atoms with Crippen molar-refractivity contribution in [3.8, 4) is 0 Å². The lowest BCUT2D eigenvalue weighted by Crippen LogP contribution is -2.41. The Morgan fingerprint density at radius 3 is 2.50 bits per heavy atom. The van der Waals surface area contributed by atoms with Gasteiger partial charge in [0.05, 0.1) is 0 Å². The highest BCUT2D eigenvalue weighted by molar-refractivity contribution is 5.84. The summed E-state index contributed by atoms with van der Waals surface area (Å²) in [7, 11) is 1.76. The van der Waals surface area contributed by atoms with Crippen molar-refractivity contribution < 1.29 is 4.79 Å². The number of anilines is 2. The van der Waals surface area contributed by atoms with Gasteiger partial charge in [0.25, 0.3) is 0 Å². The molecule has 0 spiro atoms. The van der Waals surface area contributed by atoms with Crippen LogP contribution in [0.5, 0.6) is 0 Å². The zero-order chi connectivity index (χ0) is 13.7. The predicted molar refractivity (Wildman–Crippen MR) is 72.7 cm³/mol. The third kappa shape index (κ3) is 4.20. The number of rotatable bonds is 5. The molecule has 18 heavy (non-hydrogen) atoms. The van der Waals surface area contributed by atoms with Gasteiger partial charge >= 0.3 is 0 Å². The van der Waals surface area contributed by atoms with E-state index in [-0.39, 0.29) is 18.0 Å². The number of nitrogens with one attached hydrogen (secondary N) is 3. The van der Waals surface area contributed by atoms with Crippen LogP contribution in [0.2, 0.25) is 0 Å². The maximum absolute atomic E-state index is 11.8. The molecule has 6 nitrogen and oxygen atoms in total. The van der Waals surface area contributed by atoms with Crippen molar-refractivity contribution in [2.75, 3.05) is 17.7 Å². The van der Waals surface area contributed by atoms with Gasteiger partial charge in [-0.05, 0) is 27.7 Å². The Morgan fingerprint density at radius 1 is 1.28 bits per heavy atom. The van der Waals surface area contributed by atoms with E-state index in [4.69, 9.17) is 0 Å². The summed E-state index contributed by atoms with van der Waals surface area (Å²) in [6.45, 7) is 7.54. The largest absolute Gasteiger partial charge is 0.358 e. The number of aromatic nitrogens is 2. The molecule has 1 atom stereocenters. The van der Waals surface area contributed by atoms with E-state index in [0.717, 1.165) is 5.69 Å². The second-order valence-electron chi connectivity index (χ2n) is 4.50. The molecule has 0 fully saturated rings. The highest BCUT2D eigenvalue weighted by atomic mass is 16.2. The molecule has 0 saturated heterocycles. The topological polar surface area (TPSA) is 78.9 Å². The Kier molecular flexibility index (Phi) is 4.88. The molecule has 1 unspecified atom stereocenters. The summed E-state index contributed by atoms with van der Waals surface area (Å²) in [6.07, 6.45) is 0. The van der Waals surface area contributed by atoms with E-state index in [1.165, 1.54) is 0 Å². The van der Waals surface area contributed by atoms with Gasteiger partial charge in [0.15, 0.2) is 0 Å². The van der Waals surface area contributed by atoms with Crippen LogP contribution in [0, 0.1) is 6.92 Å². The molecule has 100 valence electrons. The smallest absolute Gasteiger partial charge is 0.242 e. The molecule has 1 aromatic rings. The van der Waals surface area contributed by atoms with Crippen LogP contribution in [0.1, 0.15) is 26.5 Å². The molecule has 1 rings (SSSR count). The van der Waals surface area contributed by atoms with Gasteiger partial charge in [-0.3, -0.25) is 4.79 Å². The van der Waals surface area contributed by atoms with Crippen molar-refractivity contribution in [3.63, 3.8) is 0 Å². The number of carbonyl (C=O) groups is 1. The minimum absolute atomic E-state index is 0.0488. The fourth-order valence-corrected chi connectivity index (χ4v) is 1.45. The van der Waals surface area contributed by atoms with Crippen LogP contribution in [0.25, 0.3) is 0 Å². The fraction of sp³-hybridized carbons (Fsp3) is 0.583. The number of amides is 1. The fourth-order valence-electron chi connectivity index (χ4n) is 1.45. The van der Waals surface area contributed by atoms with Crippen molar-refractivity contribution in [1.82, 2.24) is 15.3 Å². The standard InChI is InChI=1S/C12H21N5O/c1-7(2)14-11(18)9(4)16-10-6-8(3)15-12(13-5)17-10/h6-7,9H,1-5H3,(H,14,18)(H2,13,15,16,17). The second-order valence-corrected chi connectivity index (χ2v) is 4.50. The lowest BCUT2D eigenvalue weighted by molar-refractivity contribution is -0.122. The van der Waals surface area contributed by atoms with Crippen molar-refractivity contribution in [1.29, 1.82) is 0 Å². The summed E-state index contributed by atoms with van der Waals surface area (Å²) in [4.78, 5) is 20.2. The van der Waals surface area contributed by atoms with E-state index in [2.05, 4.69) is 25.9 Å². The molecule has 3 N–H and O–H groups in total. The summed E-state index contributed by atoms with van der Waals surface area (Å²) in [5.41, 5.74) is 0.841. The van der Waals surface area contributed by atoms with Crippen LogP contribution in [0.15, 0.2) is 6.07 Å². The zero-order valence-electron chi connectivity index (χ0n) is 11.5. The van der Waals surface area contributed by atoms with Gasteiger partial charge in [0, 0.05) is 24.8 Å². The van der Waals surface area contributed by atoms with Gasteiger partial charge in [-0.15, -0.1) is 0 Å². The average Bonchev–Trinajstić information content (AvgIpc) is 2.27. The lowest BCUT2D eigenvalue weighted by atomic mass is 10.2. The van der Waals surface area contributed by atoms with Crippen molar-refractivity contribution in [2.24, 2.45) is 0 Å². The first-order valence-corrected chi connectivity index (χ1v) is 6.02. The van der Waals surface area contributed by atoms with Gasteiger partial charge in [0.1, 0.15) is 11.9 Å². The first-order chi connectivity index (χ1) is 8.42. The molecule has 0 aliphatic heterocycles. The quantitative estimate of drug-likeness (QED) is 0.731. The highest BCUT2D eigenvalue weighted by Gasteiger charge is 2.14. The minimum atomic E-state index is -0.341. The first-order valence-electron chi connectivity index (χ1n) is 6.02. The number of carbonyl (C=O) groups excluding carboxylic acids is 1. The predicted octanol–water partition coefficient (Wildman–Crippen LogP) is 1.15. The van der Waals surface area contributed by atoms with Crippen LogP contribution in [-0.4, -0.2) is 35.0 Å². The van der Waals surface area contributed by atoms with Crippen molar-refractivity contribution in [3.05, 3.63) is 11.8 Å². The Labute approximate surface area is 108 Å². The van der Waals surface area contributed by atoms with Gasteiger partial charge in [0.2, 0.25) is 11.9 Å². The molecule has 0 radical (unpaired) electrons. The maximum Gasteiger partial charge on any atom is 0.242 e. The Balaban J connectivity index is 2.72. The van der Waals surface area contributed by atoms with E-state index < -0.39 is 0 Å². The summed E-state index contributed by atoms with van der Waals surface area (Å²) in [5, 5.41) is 8.79. The van der Waals surface area contributed by atoms with Gasteiger partial charge in [-0.2, -0.15) is 4.98 Å². The van der Waals surface area contributed by atoms with Crippen LogP contribution < -0.4 is 16.0 Å². The number of nitrogens with zero attached hydrogens (tertiary/aromatic N) is 2. The summed E-state index contributed by atoms with van der Waals surface area (Å²) < 4.78 is 0. The van der Waals surface area contributed by atoms with E-state index in [1.807, 2.05) is 20.8 Å². The van der Waals surface area contributed by atoms with E-state index in [9.17, 15) is 4.79 Å². The van der Waals surface area contributed by atoms with Crippen LogP contribution in [0.4, 0.5) is 11.8 Å². The molecule has 0 aromatic carbocycles. The van der Waals surface area contributed by atoms with E-state index in [0.29, 0.717) is 11.8 Å². The molecule has 0 aliphatic carbocycles. The van der Waals surface area contributed by atoms with Crippen LogP contribution in [0.3, 0.4) is 0 Å². The summed E-state index contributed by atoms with van der Waals surface area (Å²) in [6, 6.07) is 1.59. The molecule has 0 aliphatic rings. The number of hydrogen-bond acceptors (Lipinski definition) is 5. The van der Waals surface area contributed by atoms with Crippen LogP contribution in [-0.2, 0) is 4.79 Å². The third-order valence-corrected chi connectivity index (χ3v) is 2.27. The highest BCUT2D eigenvalue weighted by Crippen LogP contribution is 2.10. The average molecular weight is 251 g/mol.